The van der Waals surface area contributed by atoms with Gasteiger partial charge in [-0.05, 0) is 49.0 Å². The van der Waals surface area contributed by atoms with E-state index in [1.807, 2.05) is 13.8 Å². The maximum absolute atomic E-state index is 12.5. The molecule has 6 heteroatoms. The first-order chi connectivity index (χ1) is 13.8. The molecule has 8 atom stereocenters. The van der Waals surface area contributed by atoms with Crippen molar-refractivity contribution in [3.63, 3.8) is 0 Å². The molecule has 2 aliphatic carbocycles. The van der Waals surface area contributed by atoms with E-state index in [1.165, 1.54) is 5.57 Å². The predicted molar refractivity (Wildman–Crippen MR) is 118 cm³/mol. The number of esters is 2. The van der Waals surface area contributed by atoms with Gasteiger partial charge < -0.3 is 14.6 Å². The minimum absolute atomic E-state index is 0. The van der Waals surface area contributed by atoms with Crippen molar-refractivity contribution in [3.05, 3.63) is 23.8 Å². The van der Waals surface area contributed by atoms with E-state index in [2.05, 4.69) is 32.1 Å². The van der Waals surface area contributed by atoms with Gasteiger partial charge in [0.05, 0.1) is 18.4 Å². The number of rotatable bonds is 6. The van der Waals surface area contributed by atoms with Crippen LogP contribution in [0.5, 0.6) is 0 Å². The number of carbonyl (C=O) groups excluding carboxylic acids is 2. The van der Waals surface area contributed by atoms with Crippen LogP contribution in [0.4, 0.5) is 0 Å². The molecule has 1 N–H and O–H groups in total. The van der Waals surface area contributed by atoms with E-state index in [0.717, 1.165) is 25.7 Å². The van der Waals surface area contributed by atoms with Crippen LogP contribution >= 0.6 is 0 Å². The Hall–Kier alpha value is 0.0164. The Morgan fingerprint density at radius 1 is 1.30 bits per heavy atom. The number of cyclic esters (lactones) is 1. The van der Waals surface area contributed by atoms with E-state index >= 15 is 0 Å². The number of aliphatic hydroxyl groups is 1. The van der Waals surface area contributed by atoms with Crippen molar-refractivity contribution in [1.29, 1.82) is 0 Å². The molecule has 0 spiro atoms. The molecule has 3 aliphatic rings. The molecule has 3 rings (SSSR count). The zero-order valence-corrected chi connectivity index (χ0v) is 18.2. The Morgan fingerprint density at radius 3 is 2.70 bits per heavy atom. The van der Waals surface area contributed by atoms with Crippen LogP contribution in [0.1, 0.15) is 66.2 Å². The average Bonchev–Trinajstić information content (AvgIpc) is 2.65. The Kier molecular flexibility index (Phi) is 10.3. The summed E-state index contributed by atoms with van der Waals surface area (Å²) in [5, 5.41) is 9.89. The number of hydrogen-bond donors (Lipinski definition) is 1. The quantitative estimate of drug-likeness (QED) is 0.501. The standard InChI is InChI=1S/C24H36O5.K.H/c1-5-15(3)24(27)29-21-11-14(2)10-17-7-6-16(4)20(23(17)21)9-8-19-12-18(25)13-22(26)28-19;;/h6-7,10,14-16,18-21,23,25H,5,8-9,11-13H2,1-4H3;;/t14-,15-,16-,18+,19-,20-,21-,23-;;/m0../s1. The van der Waals surface area contributed by atoms with Crippen molar-refractivity contribution < 1.29 is 24.2 Å². The molecule has 0 saturated carbocycles. The van der Waals surface area contributed by atoms with Crippen LogP contribution in [-0.4, -0.2) is 86.7 Å². The third-order valence-electron chi connectivity index (χ3n) is 6.93. The number of allylic oxidation sites excluding steroid dienone is 3. The van der Waals surface area contributed by atoms with Crippen molar-refractivity contribution in [2.45, 2.75) is 84.5 Å². The van der Waals surface area contributed by atoms with Crippen molar-refractivity contribution >= 4 is 63.3 Å². The van der Waals surface area contributed by atoms with Crippen LogP contribution in [-0.2, 0) is 19.1 Å². The Bertz CT molecular complexity index is 673. The number of fused-ring (bicyclic) bond motifs is 1. The molecule has 5 nitrogen and oxygen atoms in total. The summed E-state index contributed by atoms with van der Waals surface area (Å²) in [6.07, 6.45) is 9.70. The molecule has 0 aromatic heterocycles. The molecule has 0 radical (unpaired) electrons. The molecule has 30 heavy (non-hydrogen) atoms. The van der Waals surface area contributed by atoms with Gasteiger partial charge in [0.2, 0.25) is 0 Å². The van der Waals surface area contributed by atoms with Gasteiger partial charge in [-0.15, -0.1) is 0 Å². The van der Waals surface area contributed by atoms with Crippen LogP contribution in [0.3, 0.4) is 0 Å². The first kappa shape index (κ1) is 26.3. The van der Waals surface area contributed by atoms with Crippen LogP contribution in [0, 0.1) is 29.6 Å². The summed E-state index contributed by atoms with van der Waals surface area (Å²) >= 11 is 0. The van der Waals surface area contributed by atoms with Crippen LogP contribution < -0.4 is 0 Å². The zero-order chi connectivity index (χ0) is 21.1. The topological polar surface area (TPSA) is 72.8 Å². The average molecular weight is 445 g/mol. The third kappa shape index (κ3) is 6.52. The minimum atomic E-state index is -0.597. The predicted octanol–water partition coefficient (Wildman–Crippen LogP) is 3.55. The van der Waals surface area contributed by atoms with Crippen LogP contribution in [0.2, 0.25) is 0 Å². The third-order valence-corrected chi connectivity index (χ3v) is 6.93. The van der Waals surface area contributed by atoms with Gasteiger partial charge in [0, 0.05) is 12.3 Å². The van der Waals surface area contributed by atoms with E-state index < -0.39 is 6.10 Å². The van der Waals surface area contributed by atoms with Crippen LogP contribution in [0.15, 0.2) is 23.8 Å². The molecule has 0 aromatic carbocycles. The summed E-state index contributed by atoms with van der Waals surface area (Å²) in [6, 6.07) is 0. The van der Waals surface area contributed by atoms with Crippen molar-refractivity contribution in [2.75, 3.05) is 0 Å². The van der Waals surface area contributed by atoms with E-state index in [0.29, 0.717) is 24.2 Å². The van der Waals surface area contributed by atoms with Gasteiger partial charge in [-0.1, -0.05) is 45.9 Å². The molecule has 164 valence electrons. The van der Waals surface area contributed by atoms with Gasteiger partial charge >= 0.3 is 63.3 Å². The van der Waals surface area contributed by atoms with E-state index in [-0.39, 0.29) is 93.8 Å². The van der Waals surface area contributed by atoms with Crippen molar-refractivity contribution in [1.82, 2.24) is 0 Å². The van der Waals surface area contributed by atoms with Gasteiger partial charge in [-0.25, -0.2) is 0 Å². The second-order valence-electron chi connectivity index (χ2n) is 9.36. The summed E-state index contributed by atoms with van der Waals surface area (Å²) in [5.74, 6) is 0.755. The van der Waals surface area contributed by atoms with Gasteiger partial charge in [0.1, 0.15) is 12.2 Å². The molecule has 0 amide bonds. The van der Waals surface area contributed by atoms with Gasteiger partial charge in [-0.3, -0.25) is 9.59 Å². The second-order valence-corrected chi connectivity index (χ2v) is 9.36. The summed E-state index contributed by atoms with van der Waals surface area (Å²) < 4.78 is 11.5. The molecule has 0 unspecified atom stereocenters. The molecule has 0 bridgehead atoms. The maximum atomic E-state index is 12.5. The Morgan fingerprint density at radius 2 is 2.03 bits per heavy atom. The number of hydrogen-bond acceptors (Lipinski definition) is 5. The van der Waals surface area contributed by atoms with E-state index in [4.69, 9.17) is 9.47 Å². The number of carbonyl (C=O) groups is 2. The Balaban J connectivity index is 0.00000320. The summed E-state index contributed by atoms with van der Waals surface area (Å²) in [7, 11) is 0. The molecule has 1 heterocycles. The molecular formula is C24H37KO5. The fourth-order valence-electron chi connectivity index (χ4n) is 5.07. The second kappa shape index (κ2) is 11.8. The molecular weight excluding hydrogens is 407 g/mol. The SMILES string of the molecule is CC[C@H](C)C(=O)O[C@H]1C[C@@H](C)C=C2C=C[C@H](C)[C@H](CC[C@H]3C[C@@H](O)CC(=O)O3)[C@H]21.[KH]. The molecule has 1 aliphatic heterocycles. The van der Waals surface area contributed by atoms with Crippen molar-refractivity contribution in [3.8, 4) is 0 Å². The monoisotopic (exact) mass is 444 g/mol. The number of ether oxygens (including phenoxy) is 2. The first-order valence-electron chi connectivity index (χ1n) is 11.3. The number of aliphatic hydroxyl groups excluding tert-OH is 1. The van der Waals surface area contributed by atoms with Crippen LogP contribution in [0.25, 0.3) is 0 Å². The molecule has 0 aromatic rings. The normalized spacial score (nSPS) is 36.6. The zero-order valence-electron chi connectivity index (χ0n) is 18.2. The Labute approximate surface area is 223 Å². The first-order valence-corrected chi connectivity index (χ1v) is 11.3. The van der Waals surface area contributed by atoms with E-state index in [9.17, 15) is 14.7 Å². The van der Waals surface area contributed by atoms with Gasteiger partial charge in [0.25, 0.3) is 0 Å². The van der Waals surface area contributed by atoms with Crippen molar-refractivity contribution in [2.24, 2.45) is 29.6 Å². The molecule has 1 fully saturated rings. The van der Waals surface area contributed by atoms with Gasteiger partial charge in [-0.2, -0.15) is 0 Å². The fourth-order valence-corrected chi connectivity index (χ4v) is 5.07. The summed E-state index contributed by atoms with van der Waals surface area (Å²) in [6.45, 7) is 8.33. The summed E-state index contributed by atoms with van der Waals surface area (Å²) in [4.78, 5) is 24.2. The van der Waals surface area contributed by atoms with E-state index in [1.54, 1.807) is 0 Å². The fraction of sp³-hybridized carbons (Fsp3) is 0.750. The van der Waals surface area contributed by atoms with Gasteiger partial charge in [0.15, 0.2) is 0 Å². The summed E-state index contributed by atoms with van der Waals surface area (Å²) in [5.41, 5.74) is 1.27. The molecule has 1 saturated heterocycles.